The predicted octanol–water partition coefficient (Wildman–Crippen LogP) is 4.41. The maximum Gasteiger partial charge on any atom is 0.260 e. The van der Waals surface area contributed by atoms with Crippen molar-refractivity contribution in [1.29, 1.82) is 0 Å². The fourth-order valence-corrected chi connectivity index (χ4v) is 4.81. The minimum atomic E-state index is -0.0275. The minimum absolute atomic E-state index is 0.0275. The largest absolute Gasteiger partial charge is 0.339 e. The monoisotopic (exact) mass is 461 g/mol. The van der Waals surface area contributed by atoms with Crippen LogP contribution >= 0.6 is 0 Å². The molecule has 1 unspecified atom stereocenters. The quantitative estimate of drug-likeness (QED) is 0.463. The zero-order valence-corrected chi connectivity index (χ0v) is 19.4. The number of benzene rings is 2. The molecule has 0 radical (unpaired) electrons. The van der Waals surface area contributed by atoms with E-state index in [2.05, 4.69) is 47.5 Å². The Morgan fingerprint density at radius 1 is 1.06 bits per heavy atom. The van der Waals surface area contributed by atoms with Crippen molar-refractivity contribution in [2.45, 2.75) is 13.3 Å². The van der Waals surface area contributed by atoms with E-state index in [0.29, 0.717) is 19.5 Å². The number of hydrogen-bond donors (Lipinski definition) is 1. The molecule has 35 heavy (non-hydrogen) atoms. The van der Waals surface area contributed by atoms with Gasteiger partial charge in [-0.3, -0.25) is 9.79 Å². The van der Waals surface area contributed by atoms with Crippen LogP contribution in [-0.4, -0.2) is 45.5 Å². The minimum Gasteiger partial charge on any atom is -0.339 e. The summed E-state index contributed by atoms with van der Waals surface area (Å²) in [5.41, 5.74) is 6.51. The van der Waals surface area contributed by atoms with Crippen molar-refractivity contribution in [2.75, 3.05) is 13.1 Å². The van der Waals surface area contributed by atoms with Crippen LogP contribution in [0.3, 0.4) is 0 Å². The molecule has 2 N–H and O–H groups in total. The fourth-order valence-electron chi connectivity index (χ4n) is 4.81. The number of pyridine rings is 1. The summed E-state index contributed by atoms with van der Waals surface area (Å²) in [5.74, 6) is 7.76. The summed E-state index contributed by atoms with van der Waals surface area (Å²) < 4.78 is -0.0275. The highest BCUT2D eigenvalue weighted by atomic mass is 16.2. The first-order chi connectivity index (χ1) is 17.0. The van der Waals surface area contributed by atoms with Crippen molar-refractivity contribution in [2.24, 2.45) is 15.8 Å². The molecule has 0 spiro atoms. The molecule has 7 nitrogen and oxygen atoms in total. The van der Waals surface area contributed by atoms with E-state index >= 15 is 0 Å². The molecule has 7 heteroatoms. The smallest absolute Gasteiger partial charge is 0.260 e. The van der Waals surface area contributed by atoms with Gasteiger partial charge in [0.15, 0.2) is 0 Å². The van der Waals surface area contributed by atoms with Crippen molar-refractivity contribution in [3.63, 3.8) is 0 Å². The Morgan fingerprint density at radius 3 is 2.66 bits per heavy atom. The van der Waals surface area contributed by atoms with Gasteiger partial charge in [0.1, 0.15) is 11.9 Å². The van der Waals surface area contributed by atoms with Crippen molar-refractivity contribution in [1.82, 2.24) is 9.88 Å². The molecule has 1 atom stereocenters. The SMILES string of the molecule is CC(=O)N1CC=C(C2=NC(c3ccc4ccc(-c5ccccc5)nc4c3)=C3C=NC=C[N+]23N)CC1. The number of quaternary nitrogens is 1. The van der Waals surface area contributed by atoms with E-state index in [1.54, 1.807) is 19.3 Å². The number of allylic oxidation sites excluding steroid dienone is 1. The van der Waals surface area contributed by atoms with E-state index in [1.165, 1.54) is 0 Å². The molecule has 3 aromatic rings. The second-order valence-corrected chi connectivity index (χ2v) is 8.94. The normalized spacial score (nSPS) is 21.3. The molecular formula is C28H25N6O+. The van der Waals surface area contributed by atoms with Crippen LogP contribution in [0.4, 0.5) is 0 Å². The van der Waals surface area contributed by atoms with Crippen molar-refractivity contribution in [3.05, 3.63) is 96.0 Å². The molecule has 0 saturated heterocycles. The van der Waals surface area contributed by atoms with Gasteiger partial charge in [0.05, 0.1) is 23.6 Å². The number of hydrogen-bond acceptors (Lipinski definition) is 5. The number of aliphatic imine (C=N–C) groups is 2. The summed E-state index contributed by atoms with van der Waals surface area (Å²) in [7, 11) is 0. The molecule has 0 aliphatic carbocycles. The molecule has 0 bridgehead atoms. The number of amides is 1. The first kappa shape index (κ1) is 21.3. The van der Waals surface area contributed by atoms with Crippen molar-refractivity contribution >= 4 is 34.6 Å². The zero-order chi connectivity index (χ0) is 24.0. The van der Waals surface area contributed by atoms with Crippen LogP contribution in [0.15, 0.2) is 100 Å². The second-order valence-electron chi connectivity index (χ2n) is 8.94. The number of carbonyl (C=O) groups is 1. The fraction of sp³-hybridized carbons (Fsp3) is 0.143. The van der Waals surface area contributed by atoms with Gasteiger partial charge in [0, 0.05) is 42.1 Å². The number of carbonyl (C=O) groups excluding carboxylic acids is 1. The van der Waals surface area contributed by atoms with Gasteiger partial charge in [-0.05, 0) is 18.6 Å². The summed E-state index contributed by atoms with van der Waals surface area (Å²) in [5, 5.41) is 1.06. The molecule has 1 aromatic heterocycles. The molecule has 3 aliphatic heterocycles. The van der Waals surface area contributed by atoms with Gasteiger partial charge in [-0.25, -0.2) is 4.98 Å². The number of aromatic nitrogens is 1. The highest BCUT2D eigenvalue weighted by molar-refractivity contribution is 6.07. The average Bonchev–Trinajstić information content (AvgIpc) is 3.21. The van der Waals surface area contributed by atoms with E-state index < -0.39 is 0 Å². The Labute approximate surface area is 203 Å². The molecule has 0 saturated carbocycles. The van der Waals surface area contributed by atoms with Crippen LogP contribution in [0.25, 0.3) is 27.9 Å². The number of nitrogens with zero attached hydrogens (tertiary/aromatic N) is 5. The predicted molar refractivity (Wildman–Crippen MR) is 139 cm³/mol. The maximum atomic E-state index is 11.8. The van der Waals surface area contributed by atoms with Gasteiger partial charge in [0.25, 0.3) is 5.84 Å². The number of fused-ring (bicyclic) bond motifs is 2. The van der Waals surface area contributed by atoms with Gasteiger partial charge in [-0.15, -0.1) is 4.59 Å². The van der Waals surface area contributed by atoms with Crippen LogP contribution < -0.4 is 5.84 Å². The molecular weight excluding hydrogens is 436 g/mol. The third kappa shape index (κ3) is 3.62. The summed E-state index contributed by atoms with van der Waals surface area (Å²) >= 11 is 0. The van der Waals surface area contributed by atoms with Crippen LogP contribution in [0.5, 0.6) is 0 Å². The Morgan fingerprint density at radius 2 is 1.89 bits per heavy atom. The summed E-state index contributed by atoms with van der Waals surface area (Å²) in [6.07, 6.45) is 8.12. The Kier molecular flexibility index (Phi) is 5.02. The Balaban J connectivity index is 1.43. The van der Waals surface area contributed by atoms with Crippen molar-refractivity contribution in [3.8, 4) is 11.3 Å². The number of rotatable bonds is 3. The molecule has 3 aliphatic rings. The van der Waals surface area contributed by atoms with E-state index in [0.717, 1.165) is 50.5 Å². The third-order valence-electron chi connectivity index (χ3n) is 6.77. The average molecular weight is 462 g/mol. The van der Waals surface area contributed by atoms with Crippen LogP contribution in [-0.2, 0) is 4.79 Å². The number of nitrogens with two attached hydrogens (primary N) is 1. The van der Waals surface area contributed by atoms with E-state index in [1.807, 2.05) is 35.4 Å². The lowest BCUT2D eigenvalue weighted by Crippen LogP contribution is -2.54. The highest BCUT2D eigenvalue weighted by Gasteiger charge is 2.45. The Bertz CT molecular complexity index is 1510. The lowest BCUT2D eigenvalue weighted by Gasteiger charge is -2.30. The zero-order valence-electron chi connectivity index (χ0n) is 19.4. The van der Waals surface area contributed by atoms with Gasteiger partial charge >= 0.3 is 0 Å². The van der Waals surface area contributed by atoms with Gasteiger partial charge < -0.3 is 4.90 Å². The first-order valence-electron chi connectivity index (χ1n) is 11.7. The summed E-state index contributed by atoms with van der Waals surface area (Å²) in [4.78, 5) is 27.9. The van der Waals surface area contributed by atoms with Crippen LogP contribution in [0, 0.1) is 0 Å². The van der Waals surface area contributed by atoms with E-state index in [4.69, 9.17) is 15.8 Å². The Hall–Kier alpha value is -4.20. The molecule has 172 valence electrons. The molecule has 0 fully saturated rings. The molecule has 4 heterocycles. The van der Waals surface area contributed by atoms with Gasteiger partial charge in [-0.2, -0.15) is 10.8 Å². The summed E-state index contributed by atoms with van der Waals surface area (Å²) in [6, 6.07) is 20.5. The standard InChI is InChI=1S/C28H25N6O/c1-19(35)33-14-11-22(12-15-33)28-32-27(26-18-30-13-16-34(26,28)29)23-8-7-21-9-10-24(31-25(21)17-23)20-5-3-2-4-6-20/h2-11,13,16-18H,12,14-15,29H2,1H3/q+1. The highest BCUT2D eigenvalue weighted by Crippen LogP contribution is 2.38. The van der Waals surface area contributed by atoms with Crippen LogP contribution in [0.2, 0.25) is 0 Å². The summed E-state index contributed by atoms with van der Waals surface area (Å²) in [6.45, 7) is 2.82. The van der Waals surface area contributed by atoms with E-state index in [-0.39, 0.29) is 10.5 Å². The first-order valence-corrected chi connectivity index (χ1v) is 11.7. The maximum absolute atomic E-state index is 11.8. The second kappa shape index (κ2) is 8.23. The topological polar surface area (TPSA) is 83.9 Å². The van der Waals surface area contributed by atoms with Crippen LogP contribution in [0.1, 0.15) is 18.9 Å². The molecule has 6 rings (SSSR count). The number of amidine groups is 1. The van der Waals surface area contributed by atoms with Gasteiger partial charge in [0.2, 0.25) is 11.6 Å². The lowest BCUT2D eigenvalue weighted by molar-refractivity contribution is -0.750. The molecule has 2 aromatic carbocycles. The van der Waals surface area contributed by atoms with Gasteiger partial charge in [-0.1, -0.05) is 54.6 Å². The third-order valence-corrected chi connectivity index (χ3v) is 6.77. The molecule has 1 amide bonds. The van der Waals surface area contributed by atoms with E-state index in [9.17, 15) is 4.79 Å². The van der Waals surface area contributed by atoms with Crippen molar-refractivity contribution < 1.29 is 9.39 Å². The lowest BCUT2D eigenvalue weighted by atomic mass is 10.1.